The third-order valence-electron chi connectivity index (χ3n) is 12.6. The summed E-state index contributed by atoms with van der Waals surface area (Å²) < 4.78 is 6.48. The number of fused-ring (bicyclic) bond motifs is 6. The number of para-hydroxylation sites is 1. The Labute approximate surface area is 281 Å². The van der Waals surface area contributed by atoms with E-state index in [1.165, 1.54) is 60.0 Å². The van der Waals surface area contributed by atoms with Crippen molar-refractivity contribution in [3.05, 3.63) is 151 Å². The zero-order chi connectivity index (χ0) is 31.4. The standard InChI is InChI=1S/C46H37NO/c1-2-10-31(11-3-1)32-12-8-13-35(27-32)47(36-20-21-38-37-14-5-7-19-43(37)48-44(38)28-36)42-18-9-17-41-45(42)39-15-4-6-16-40(39)46(41)33-23-29-22-30(25-33)26-34(46)24-29/h1-21,27-30,33-34H,22-26H2. The summed E-state index contributed by atoms with van der Waals surface area (Å²) in [5.41, 5.74) is 14.0. The number of hydrogen-bond donors (Lipinski definition) is 0. The second kappa shape index (κ2) is 9.97. The summed E-state index contributed by atoms with van der Waals surface area (Å²) in [6.07, 6.45) is 7.01. The molecule has 4 bridgehead atoms. The first-order valence-electron chi connectivity index (χ1n) is 17.9. The minimum atomic E-state index is 0.121. The lowest BCUT2D eigenvalue weighted by Crippen LogP contribution is -2.55. The lowest BCUT2D eigenvalue weighted by Gasteiger charge is -2.61. The van der Waals surface area contributed by atoms with Gasteiger partial charge in [-0.05, 0) is 120 Å². The van der Waals surface area contributed by atoms with E-state index in [0.29, 0.717) is 0 Å². The normalized spacial score (nSPS) is 24.8. The maximum absolute atomic E-state index is 6.48. The van der Waals surface area contributed by atoms with Gasteiger partial charge in [-0.2, -0.15) is 0 Å². The fourth-order valence-electron chi connectivity index (χ4n) is 11.1. The van der Waals surface area contributed by atoms with Gasteiger partial charge >= 0.3 is 0 Å². The SMILES string of the molecule is c1ccc(-c2cccc(N(c3ccc4c(c3)oc3ccccc34)c3cccc4c3-c3ccccc3C43C4CC5CC(C4)CC3C5)c2)cc1. The molecule has 0 radical (unpaired) electrons. The summed E-state index contributed by atoms with van der Waals surface area (Å²) in [6.45, 7) is 0. The highest BCUT2D eigenvalue weighted by molar-refractivity contribution is 6.06. The summed E-state index contributed by atoms with van der Waals surface area (Å²) in [5.74, 6) is 3.30. The van der Waals surface area contributed by atoms with E-state index < -0.39 is 0 Å². The Balaban J connectivity index is 1.17. The average molecular weight is 620 g/mol. The highest BCUT2D eigenvalue weighted by atomic mass is 16.3. The van der Waals surface area contributed by atoms with Crippen molar-refractivity contribution >= 4 is 39.0 Å². The van der Waals surface area contributed by atoms with Crippen LogP contribution in [0.15, 0.2) is 144 Å². The number of furan rings is 1. The first-order chi connectivity index (χ1) is 23.8. The Kier molecular flexibility index (Phi) is 5.59. The van der Waals surface area contributed by atoms with Gasteiger partial charge in [-0.3, -0.25) is 0 Å². The summed E-state index contributed by atoms with van der Waals surface area (Å²) in [4.78, 5) is 2.50. The number of benzene rings is 6. The fraction of sp³-hybridized carbons (Fsp3) is 0.217. The summed E-state index contributed by atoms with van der Waals surface area (Å²) in [5, 5.41) is 2.32. The van der Waals surface area contributed by atoms with Crippen LogP contribution in [0.1, 0.15) is 43.2 Å². The van der Waals surface area contributed by atoms with Gasteiger partial charge in [-0.25, -0.2) is 0 Å². The second-order valence-electron chi connectivity index (χ2n) is 14.9. The van der Waals surface area contributed by atoms with E-state index in [0.717, 1.165) is 57.0 Å². The van der Waals surface area contributed by atoms with E-state index >= 15 is 0 Å². The molecule has 2 nitrogen and oxygen atoms in total. The number of rotatable bonds is 4. The number of hydrogen-bond acceptors (Lipinski definition) is 2. The smallest absolute Gasteiger partial charge is 0.137 e. The molecule has 1 aromatic heterocycles. The van der Waals surface area contributed by atoms with Crippen LogP contribution in [-0.4, -0.2) is 0 Å². The van der Waals surface area contributed by atoms with Gasteiger partial charge in [0.25, 0.3) is 0 Å². The number of anilines is 3. The largest absolute Gasteiger partial charge is 0.456 e. The van der Waals surface area contributed by atoms with Crippen LogP contribution in [0.2, 0.25) is 0 Å². The third-order valence-corrected chi connectivity index (χ3v) is 12.6. The van der Waals surface area contributed by atoms with E-state index in [-0.39, 0.29) is 5.41 Å². The molecule has 0 saturated heterocycles. The zero-order valence-electron chi connectivity index (χ0n) is 27.0. The second-order valence-corrected chi connectivity index (χ2v) is 14.9. The molecule has 4 fully saturated rings. The molecule has 232 valence electrons. The molecule has 1 spiro atoms. The van der Waals surface area contributed by atoms with Crippen molar-refractivity contribution in [2.75, 3.05) is 4.90 Å². The molecule has 4 saturated carbocycles. The lowest BCUT2D eigenvalue weighted by molar-refractivity contribution is -0.0399. The Morgan fingerprint density at radius 1 is 0.500 bits per heavy atom. The molecule has 48 heavy (non-hydrogen) atoms. The van der Waals surface area contributed by atoms with Crippen molar-refractivity contribution in [2.24, 2.45) is 23.7 Å². The highest BCUT2D eigenvalue weighted by Gasteiger charge is 2.61. The topological polar surface area (TPSA) is 16.4 Å². The van der Waals surface area contributed by atoms with Crippen LogP contribution in [0.25, 0.3) is 44.2 Å². The van der Waals surface area contributed by atoms with Gasteiger partial charge in [0.2, 0.25) is 0 Å². The predicted molar refractivity (Wildman–Crippen MR) is 197 cm³/mol. The van der Waals surface area contributed by atoms with Crippen molar-refractivity contribution < 1.29 is 4.42 Å². The molecular formula is C46H37NO. The molecule has 2 heteroatoms. The number of nitrogens with zero attached hydrogens (tertiary/aromatic N) is 1. The predicted octanol–water partition coefficient (Wildman–Crippen LogP) is 12.4. The molecule has 0 aliphatic heterocycles. The molecule has 5 aliphatic carbocycles. The van der Waals surface area contributed by atoms with Crippen molar-refractivity contribution in [2.45, 2.75) is 37.5 Å². The molecule has 1 heterocycles. The van der Waals surface area contributed by atoms with Crippen LogP contribution < -0.4 is 4.90 Å². The first-order valence-corrected chi connectivity index (χ1v) is 17.9. The Hall–Kier alpha value is -5.08. The molecule has 6 aromatic carbocycles. The summed E-state index contributed by atoms with van der Waals surface area (Å²) in [7, 11) is 0. The van der Waals surface area contributed by atoms with E-state index in [1.807, 2.05) is 0 Å². The van der Waals surface area contributed by atoms with Crippen LogP contribution in [-0.2, 0) is 5.41 Å². The lowest BCUT2D eigenvalue weighted by atomic mass is 9.43. The molecule has 0 atom stereocenters. The van der Waals surface area contributed by atoms with E-state index in [1.54, 1.807) is 11.1 Å². The highest BCUT2D eigenvalue weighted by Crippen LogP contribution is 2.70. The van der Waals surface area contributed by atoms with Crippen LogP contribution in [0.4, 0.5) is 17.1 Å². The molecule has 12 rings (SSSR count). The molecule has 7 aromatic rings. The van der Waals surface area contributed by atoms with E-state index in [9.17, 15) is 0 Å². The zero-order valence-corrected chi connectivity index (χ0v) is 27.0. The first kappa shape index (κ1) is 26.9. The molecular weight excluding hydrogens is 583 g/mol. The van der Waals surface area contributed by atoms with Crippen molar-refractivity contribution in [3.8, 4) is 22.3 Å². The van der Waals surface area contributed by atoms with E-state index in [4.69, 9.17) is 4.42 Å². The van der Waals surface area contributed by atoms with Gasteiger partial charge in [0.1, 0.15) is 11.2 Å². The van der Waals surface area contributed by atoms with E-state index in [2.05, 4.69) is 144 Å². The Morgan fingerprint density at radius 2 is 1.17 bits per heavy atom. The summed E-state index contributed by atoms with van der Waals surface area (Å²) >= 11 is 0. The minimum absolute atomic E-state index is 0.121. The monoisotopic (exact) mass is 619 g/mol. The van der Waals surface area contributed by atoms with Gasteiger partial charge in [0.05, 0.1) is 5.69 Å². The van der Waals surface area contributed by atoms with Gasteiger partial charge in [0, 0.05) is 39.2 Å². The van der Waals surface area contributed by atoms with Crippen LogP contribution in [0, 0.1) is 23.7 Å². The maximum atomic E-state index is 6.48. The third kappa shape index (κ3) is 3.64. The molecule has 0 unspecified atom stereocenters. The Bertz CT molecular complexity index is 2350. The van der Waals surface area contributed by atoms with Crippen LogP contribution >= 0.6 is 0 Å². The maximum Gasteiger partial charge on any atom is 0.137 e. The van der Waals surface area contributed by atoms with Gasteiger partial charge in [0.15, 0.2) is 0 Å². The van der Waals surface area contributed by atoms with Crippen molar-refractivity contribution in [1.29, 1.82) is 0 Å². The molecule has 0 amide bonds. The van der Waals surface area contributed by atoms with Crippen molar-refractivity contribution in [1.82, 2.24) is 0 Å². The minimum Gasteiger partial charge on any atom is -0.456 e. The fourth-order valence-corrected chi connectivity index (χ4v) is 11.1. The quantitative estimate of drug-likeness (QED) is 0.195. The van der Waals surface area contributed by atoms with Gasteiger partial charge < -0.3 is 9.32 Å². The van der Waals surface area contributed by atoms with Gasteiger partial charge in [-0.15, -0.1) is 0 Å². The van der Waals surface area contributed by atoms with Crippen molar-refractivity contribution in [3.63, 3.8) is 0 Å². The molecule has 5 aliphatic rings. The Morgan fingerprint density at radius 3 is 2.02 bits per heavy atom. The van der Waals surface area contributed by atoms with Crippen LogP contribution in [0.3, 0.4) is 0 Å². The average Bonchev–Trinajstić information content (AvgIpc) is 3.65. The molecule has 0 N–H and O–H groups in total. The summed E-state index contributed by atoms with van der Waals surface area (Å²) in [6, 6.07) is 51.7. The van der Waals surface area contributed by atoms with Gasteiger partial charge in [-0.1, -0.05) is 97.1 Å². The van der Waals surface area contributed by atoms with Crippen LogP contribution in [0.5, 0.6) is 0 Å².